The van der Waals surface area contributed by atoms with Crippen LogP contribution in [0.15, 0.2) is 72.9 Å². The first-order chi connectivity index (χ1) is 14.5. The van der Waals surface area contributed by atoms with E-state index in [1.807, 2.05) is 54.6 Å². The number of primary amides is 1. The molecule has 0 saturated carbocycles. The van der Waals surface area contributed by atoms with Gasteiger partial charge in [0.05, 0.1) is 16.7 Å². The largest absolute Gasteiger partial charge is 0.389 e. The van der Waals surface area contributed by atoms with E-state index in [0.29, 0.717) is 11.5 Å². The second-order valence-corrected chi connectivity index (χ2v) is 7.88. The van der Waals surface area contributed by atoms with Crippen molar-refractivity contribution in [2.45, 2.75) is 13.0 Å². The van der Waals surface area contributed by atoms with Crippen molar-refractivity contribution in [2.75, 3.05) is 5.32 Å². The number of aliphatic hydroxyl groups excluding tert-OH is 1. The number of anilines is 2. The number of carbonyl (C=O) groups is 1. The highest BCUT2D eigenvalue weighted by molar-refractivity contribution is 7.18. The summed E-state index contributed by atoms with van der Waals surface area (Å²) in [6.07, 6.45) is 1.16. The average Bonchev–Trinajstić information content (AvgIpc) is 3.25. The third-order valence-corrected chi connectivity index (χ3v) is 5.73. The van der Waals surface area contributed by atoms with Gasteiger partial charge in [0.1, 0.15) is 0 Å². The first-order valence-electron chi connectivity index (χ1n) is 9.38. The summed E-state index contributed by atoms with van der Waals surface area (Å²) in [5.41, 5.74) is 9.22. The summed E-state index contributed by atoms with van der Waals surface area (Å²) < 4.78 is 0. The first kappa shape index (κ1) is 19.8. The third kappa shape index (κ3) is 4.37. The lowest BCUT2D eigenvalue weighted by molar-refractivity contribution is 0.100. The Kier molecular flexibility index (Phi) is 5.56. The molecule has 2 aromatic heterocycles. The molecule has 0 spiro atoms. The van der Waals surface area contributed by atoms with Crippen molar-refractivity contribution in [3.8, 4) is 21.0 Å². The minimum absolute atomic E-state index is 0.445. The molecule has 7 heteroatoms. The number of rotatable bonds is 6. The fraction of sp³-hybridized carbons (Fsp3) is 0.0870. The Balaban J connectivity index is 1.58. The van der Waals surface area contributed by atoms with Crippen LogP contribution in [0.4, 0.5) is 11.6 Å². The lowest BCUT2D eigenvalue weighted by Gasteiger charge is -2.09. The highest BCUT2D eigenvalue weighted by Crippen LogP contribution is 2.34. The Morgan fingerprint density at radius 1 is 1.07 bits per heavy atom. The molecule has 4 rings (SSSR count). The zero-order valence-electron chi connectivity index (χ0n) is 16.2. The molecule has 6 nitrogen and oxygen atoms in total. The Hall–Kier alpha value is -3.55. The number of aliphatic hydroxyl groups is 1. The Morgan fingerprint density at radius 3 is 2.67 bits per heavy atom. The first-order valence-corrected chi connectivity index (χ1v) is 10.2. The van der Waals surface area contributed by atoms with Gasteiger partial charge >= 0.3 is 0 Å². The van der Waals surface area contributed by atoms with Gasteiger partial charge in [-0.2, -0.15) is 0 Å². The molecule has 1 atom stereocenters. The summed E-state index contributed by atoms with van der Waals surface area (Å²) in [6, 6.07) is 20.6. The van der Waals surface area contributed by atoms with Crippen LogP contribution in [0.2, 0.25) is 0 Å². The van der Waals surface area contributed by atoms with Crippen molar-refractivity contribution in [3.05, 3.63) is 84.1 Å². The Morgan fingerprint density at radius 2 is 1.87 bits per heavy atom. The van der Waals surface area contributed by atoms with Crippen molar-refractivity contribution < 1.29 is 9.90 Å². The summed E-state index contributed by atoms with van der Waals surface area (Å²) in [6.45, 7) is 1.73. The van der Waals surface area contributed by atoms with Crippen LogP contribution < -0.4 is 11.1 Å². The maximum absolute atomic E-state index is 11.4. The molecule has 4 aromatic rings. The minimum Gasteiger partial charge on any atom is -0.389 e. The molecule has 4 N–H and O–H groups in total. The van der Waals surface area contributed by atoms with Gasteiger partial charge < -0.3 is 16.2 Å². The summed E-state index contributed by atoms with van der Waals surface area (Å²) in [5, 5.41) is 13.0. The lowest BCUT2D eigenvalue weighted by atomic mass is 10.1. The summed E-state index contributed by atoms with van der Waals surface area (Å²) >= 11 is 1.58. The number of amides is 1. The van der Waals surface area contributed by atoms with E-state index < -0.39 is 12.0 Å². The second-order valence-electron chi connectivity index (χ2n) is 6.80. The second kappa shape index (κ2) is 8.44. The van der Waals surface area contributed by atoms with Crippen LogP contribution in [0.3, 0.4) is 0 Å². The minimum atomic E-state index is -0.545. The smallest absolute Gasteiger partial charge is 0.248 e. The van der Waals surface area contributed by atoms with E-state index in [0.717, 1.165) is 32.3 Å². The van der Waals surface area contributed by atoms with Crippen molar-refractivity contribution in [1.29, 1.82) is 0 Å². The molecule has 0 aliphatic heterocycles. The topological polar surface area (TPSA) is 101 Å². The number of nitrogens with one attached hydrogen (secondary N) is 1. The molecular formula is C23H20N4O2S. The molecular weight excluding hydrogens is 396 g/mol. The maximum Gasteiger partial charge on any atom is 0.248 e. The number of carbonyl (C=O) groups excluding carboxylic acids is 1. The van der Waals surface area contributed by atoms with Gasteiger partial charge in [-0.15, -0.1) is 11.3 Å². The van der Waals surface area contributed by atoms with E-state index in [2.05, 4.69) is 15.3 Å². The van der Waals surface area contributed by atoms with Gasteiger partial charge in [-0.25, -0.2) is 9.97 Å². The molecule has 2 aromatic carbocycles. The summed E-state index contributed by atoms with van der Waals surface area (Å²) in [4.78, 5) is 22.4. The average molecular weight is 417 g/mol. The van der Waals surface area contributed by atoms with Gasteiger partial charge in [-0.1, -0.05) is 24.3 Å². The summed E-state index contributed by atoms with van der Waals surface area (Å²) in [7, 11) is 0. The van der Waals surface area contributed by atoms with Crippen LogP contribution >= 0.6 is 11.3 Å². The van der Waals surface area contributed by atoms with E-state index in [1.165, 1.54) is 0 Å². The maximum atomic E-state index is 11.4. The fourth-order valence-electron chi connectivity index (χ4n) is 3.02. The van der Waals surface area contributed by atoms with E-state index in [1.54, 1.807) is 36.6 Å². The van der Waals surface area contributed by atoms with Gasteiger partial charge in [0.25, 0.3) is 0 Å². The van der Waals surface area contributed by atoms with Gasteiger partial charge in [-0.3, -0.25) is 4.79 Å². The van der Waals surface area contributed by atoms with Crippen LogP contribution in [0.25, 0.3) is 21.0 Å². The van der Waals surface area contributed by atoms with Crippen molar-refractivity contribution in [1.82, 2.24) is 9.97 Å². The van der Waals surface area contributed by atoms with E-state index in [4.69, 9.17) is 5.73 Å². The standard InChI is InChI=1S/C23H20N4O2S/c1-14(28)15-4-3-7-18(13-15)26-23-25-11-10-19(27-23)21-9-8-20(30-21)16-5-2-6-17(12-16)22(24)29/h2-14,28H,1H3,(H2,24,29)(H,25,26,27). The van der Waals surface area contributed by atoms with Crippen LogP contribution in [0.5, 0.6) is 0 Å². The van der Waals surface area contributed by atoms with E-state index in [-0.39, 0.29) is 0 Å². The third-order valence-electron chi connectivity index (χ3n) is 4.57. The van der Waals surface area contributed by atoms with Crippen LogP contribution in [0, 0.1) is 0 Å². The molecule has 150 valence electrons. The number of nitrogens with two attached hydrogens (primary N) is 1. The van der Waals surface area contributed by atoms with Gasteiger partial charge in [0.15, 0.2) is 0 Å². The van der Waals surface area contributed by atoms with E-state index >= 15 is 0 Å². The normalized spacial score (nSPS) is 11.8. The predicted octanol–water partition coefficient (Wildman–Crippen LogP) is 4.77. The molecule has 30 heavy (non-hydrogen) atoms. The van der Waals surface area contributed by atoms with Crippen LogP contribution in [0.1, 0.15) is 28.9 Å². The molecule has 1 amide bonds. The number of hydrogen-bond donors (Lipinski definition) is 3. The van der Waals surface area contributed by atoms with Crippen LogP contribution in [-0.2, 0) is 0 Å². The molecule has 0 saturated heterocycles. The molecule has 0 radical (unpaired) electrons. The predicted molar refractivity (Wildman–Crippen MR) is 120 cm³/mol. The molecule has 1 unspecified atom stereocenters. The van der Waals surface area contributed by atoms with Gasteiger partial charge in [0, 0.05) is 22.3 Å². The summed E-state index contributed by atoms with van der Waals surface area (Å²) in [5.74, 6) is 0.0285. The van der Waals surface area contributed by atoms with Crippen molar-refractivity contribution in [2.24, 2.45) is 5.73 Å². The fourth-order valence-corrected chi connectivity index (χ4v) is 3.99. The van der Waals surface area contributed by atoms with Crippen molar-refractivity contribution >= 4 is 28.9 Å². The molecule has 0 aliphatic carbocycles. The van der Waals surface area contributed by atoms with Gasteiger partial charge in [-0.05, 0) is 60.5 Å². The number of thiophene rings is 1. The molecule has 0 fully saturated rings. The molecule has 0 bridgehead atoms. The highest BCUT2D eigenvalue weighted by atomic mass is 32.1. The number of aromatic nitrogens is 2. The zero-order chi connectivity index (χ0) is 21.1. The zero-order valence-corrected chi connectivity index (χ0v) is 17.1. The quantitative estimate of drug-likeness (QED) is 0.420. The SMILES string of the molecule is CC(O)c1cccc(Nc2nccc(-c3ccc(-c4cccc(C(N)=O)c4)s3)n2)c1. The monoisotopic (exact) mass is 416 g/mol. The molecule has 0 aliphatic rings. The lowest BCUT2D eigenvalue weighted by Crippen LogP contribution is -2.10. The number of benzene rings is 2. The van der Waals surface area contributed by atoms with Gasteiger partial charge in [0.2, 0.25) is 11.9 Å². The highest BCUT2D eigenvalue weighted by Gasteiger charge is 2.10. The van der Waals surface area contributed by atoms with Crippen LogP contribution in [-0.4, -0.2) is 21.0 Å². The molecule has 2 heterocycles. The number of nitrogens with zero attached hydrogens (tertiary/aromatic N) is 2. The van der Waals surface area contributed by atoms with Crippen molar-refractivity contribution in [3.63, 3.8) is 0 Å². The Labute approximate surface area is 178 Å². The number of hydrogen-bond acceptors (Lipinski definition) is 6. The van der Waals surface area contributed by atoms with E-state index in [9.17, 15) is 9.90 Å². The Bertz CT molecular complexity index is 1200.